The number of nitrogens with one attached hydrogen (secondary N) is 1. The van der Waals surface area contributed by atoms with Crippen LogP contribution in [0, 0.1) is 0 Å². The molecule has 220 valence electrons. The lowest BCUT2D eigenvalue weighted by Gasteiger charge is -2.22. The third-order valence-corrected chi connectivity index (χ3v) is 5.79. The number of benzene rings is 3. The van der Waals surface area contributed by atoms with Gasteiger partial charge in [0.15, 0.2) is 0 Å². The largest absolute Gasteiger partial charge is 0.480 e. The molecule has 3 aromatic rings. The Morgan fingerprint density at radius 3 is 1.74 bits per heavy atom. The molecule has 4 N–H and O–H groups in total. The minimum Gasteiger partial charge on any atom is -0.480 e. The average molecular weight is 577 g/mol. The summed E-state index contributed by atoms with van der Waals surface area (Å²) >= 11 is 0. The van der Waals surface area contributed by atoms with Crippen molar-refractivity contribution < 1.29 is 38.5 Å². The predicted octanol–water partition coefficient (Wildman–Crippen LogP) is 4.44. The molecule has 3 amide bonds. The van der Waals surface area contributed by atoms with Crippen molar-refractivity contribution in [2.75, 3.05) is 6.54 Å². The molecule has 1 atom stereocenters. The SMILES string of the molecule is N/C(=N\C(=O)OCc1ccccc1)N(CCC[C@@H](NC(=O)OCc1ccccc1)C(=O)O)C(=O)OCc1ccccc1. The van der Waals surface area contributed by atoms with Crippen molar-refractivity contribution in [2.24, 2.45) is 10.7 Å². The minimum atomic E-state index is -1.32. The summed E-state index contributed by atoms with van der Waals surface area (Å²) in [5.41, 5.74) is 8.16. The van der Waals surface area contributed by atoms with Crippen LogP contribution >= 0.6 is 0 Å². The second-order valence-corrected chi connectivity index (χ2v) is 8.94. The summed E-state index contributed by atoms with van der Waals surface area (Å²) in [7, 11) is 0. The van der Waals surface area contributed by atoms with Gasteiger partial charge in [-0.15, -0.1) is 4.99 Å². The van der Waals surface area contributed by atoms with Gasteiger partial charge in [-0.05, 0) is 29.5 Å². The number of alkyl carbamates (subject to hydrolysis) is 1. The van der Waals surface area contributed by atoms with Gasteiger partial charge in [-0.1, -0.05) is 91.0 Å². The summed E-state index contributed by atoms with van der Waals surface area (Å²) in [5.74, 6) is -1.79. The van der Waals surface area contributed by atoms with Crippen molar-refractivity contribution in [2.45, 2.75) is 38.7 Å². The Bertz CT molecular complexity index is 1340. The van der Waals surface area contributed by atoms with Crippen LogP contribution in [-0.4, -0.2) is 52.8 Å². The number of hydrogen-bond donors (Lipinski definition) is 3. The highest BCUT2D eigenvalue weighted by molar-refractivity contribution is 5.98. The average Bonchev–Trinajstić information content (AvgIpc) is 3.00. The number of rotatable bonds is 12. The molecular formula is C30H32N4O8. The Labute approximate surface area is 242 Å². The quantitative estimate of drug-likeness (QED) is 0.160. The molecule has 0 fully saturated rings. The Kier molecular flexibility index (Phi) is 12.3. The Balaban J connectivity index is 1.60. The van der Waals surface area contributed by atoms with Gasteiger partial charge < -0.3 is 30.4 Å². The second-order valence-electron chi connectivity index (χ2n) is 8.94. The fourth-order valence-corrected chi connectivity index (χ4v) is 3.62. The zero-order valence-corrected chi connectivity index (χ0v) is 22.8. The smallest absolute Gasteiger partial charge is 0.437 e. The van der Waals surface area contributed by atoms with E-state index in [1.54, 1.807) is 72.8 Å². The number of aliphatic imine (C=N–C) groups is 1. The lowest BCUT2D eigenvalue weighted by molar-refractivity contribution is -0.139. The number of ether oxygens (including phenoxy) is 3. The predicted molar refractivity (Wildman–Crippen MR) is 152 cm³/mol. The van der Waals surface area contributed by atoms with Crippen molar-refractivity contribution in [3.63, 3.8) is 0 Å². The van der Waals surface area contributed by atoms with E-state index in [0.717, 1.165) is 16.0 Å². The molecule has 0 saturated carbocycles. The molecule has 12 heteroatoms. The van der Waals surface area contributed by atoms with Gasteiger partial charge in [-0.25, -0.2) is 24.1 Å². The van der Waals surface area contributed by atoms with E-state index in [2.05, 4.69) is 10.3 Å². The molecule has 0 saturated heterocycles. The molecule has 0 aliphatic carbocycles. The van der Waals surface area contributed by atoms with Crippen molar-refractivity contribution in [1.82, 2.24) is 10.2 Å². The van der Waals surface area contributed by atoms with E-state index in [1.807, 2.05) is 18.2 Å². The van der Waals surface area contributed by atoms with E-state index >= 15 is 0 Å². The Morgan fingerprint density at radius 1 is 0.762 bits per heavy atom. The fourth-order valence-electron chi connectivity index (χ4n) is 3.62. The third kappa shape index (κ3) is 11.0. The summed E-state index contributed by atoms with van der Waals surface area (Å²) in [6, 6.07) is 25.4. The first-order chi connectivity index (χ1) is 20.3. The number of nitrogens with zero attached hydrogens (tertiary/aromatic N) is 2. The molecule has 0 aliphatic rings. The number of amides is 3. The molecule has 42 heavy (non-hydrogen) atoms. The maximum atomic E-state index is 12.9. The summed E-state index contributed by atoms with van der Waals surface area (Å²) < 4.78 is 15.5. The third-order valence-electron chi connectivity index (χ3n) is 5.79. The van der Waals surface area contributed by atoms with Crippen LogP contribution in [-0.2, 0) is 38.8 Å². The normalized spacial score (nSPS) is 11.6. The number of guanidine groups is 1. The molecule has 0 bridgehead atoms. The van der Waals surface area contributed by atoms with E-state index in [1.165, 1.54) is 0 Å². The Morgan fingerprint density at radius 2 is 1.24 bits per heavy atom. The number of carboxylic acids is 1. The number of carboxylic acid groups (broad SMARTS) is 1. The maximum Gasteiger partial charge on any atom is 0.437 e. The number of nitrogens with two attached hydrogens (primary N) is 1. The first-order valence-electron chi connectivity index (χ1n) is 13.0. The van der Waals surface area contributed by atoms with Gasteiger partial charge in [0.1, 0.15) is 25.9 Å². The number of carbonyl (C=O) groups excluding carboxylic acids is 3. The molecule has 0 aromatic heterocycles. The van der Waals surface area contributed by atoms with E-state index < -0.39 is 36.3 Å². The van der Waals surface area contributed by atoms with Crippen molar-refractivity contribution >= 4 is 30.2 Å². The zero-order chi connectivity index (χ0) is 30.2. The monoisotopic (exact) mass is 576 g/mol. The Hall–Kier alpha value is -5.39. The van der Waals surface area contributed by atoms with Crippen LogP contribution in [0.3, 0.4) is 0 Å². The van der Waals surface area contributed by atoms with Crippen LogP contribution in [0.2, 0.25) is 0 Å². The molecule has 0 spiro atoms. The van der Waals surface area contributed by atoms with Crippen molar-refractivity contribution in [3.05, 3.63) is 108 Å². The van der Waals surface area contributed by atoms with Crippen LogP contribution in [0.1, 0.15) is 29.5 Å². The van der Waals surface area contributed by atoms with Crippen LogP contribution in [0.4, 0.5) is 14.4 Å². The van der Waals surface area contributed by atoms with E-state index in [-0.39, 0.29) is 39.2 Å². The first-order valence-corrected chi connectivity index (χ1v) is 13.0. The van der Waals surface area contributed by atoms with E-state index in [9.17, 15) is 24.3 Å². The summed E-state index contributed by atoms with van der Waals surface area (Å²) in [5, 5.41) is 11.9. The summed E-state index contributed by atoms with van der Waals surface area (Å²) in [6.45, 7) is -0.331. The van der Waals surface area contributed by atoms with Crippen LogP contribution < -0.4 is 11.1 Å². The molecule has 12 nitrogen and oxygen atoms in total. The topological polar surface area (TPSA) is 170 Å². The summed E-state index contributed by atoms with van der Waals surface area (Å²) in [4.78, 5) is 53.7. The van der Waals surface area contributed by atoms with Crippen LogP contribution in [0.25, 0.3) is 0 Å². The van der Waals surface area contributed by atoms with Gasteiger partial charge in [0, 0.05) is 6.54 Å². The zero-order valence-electron chi connectivity index (χ0n) is 22.8. The molecule has 3 rings (SSSR count). The van der Waals surface area contributed by atoms with Gasteiger partial charge >= 0.3 is 24.2 Å². The lowest BCUT2D eigenvalue weighted by Crippen LogP contribution is -2.45. The minimum absolute atomic E-state index is 0.0343. The molecule has 0 aliphatic heterocycles. The standard InChI is InChI=1S/C30H32N4O8/c31-27(33-29(38)41-20-23-13-6-2-7-14-23)34(30(39)42-21-24-15-8-3-9-16-24)18-10-17-25(26(35)36)32-28(37)40-19-22-11-4-1-5-12-22/h1-9,11-16,25H,10,17-21H2,(H,32,37)(H,35,36)(H2,31,33,38)/t25-/m1/s1. The van der Waals surface area contributed by atoms with Crippen molar-refractivity contribution in [3.8, 4) is 0 Å². The highest BCUT2D eigenvalue weighted by Gasteiger charge is 2.24. The van der Waals surface area contributed by atoms with Gasteiger partial charge in [-0.2, -0.15) is 0 Å². The lowest BCUT2D eigenvalue weighted by atomic mass is 10.1. The fraction of sp³-hybridized carbons (Fsp3) is 0.233. The van der Waals surface area contributed by atoms with Crippen LogP contribution in [0.15, 0.2) is 96.0 Å². The highest BCUT2D eigenvalue weighted by atomic mass is 16.6. The van der Waals surface area contributed by atoms with Crippen LogP contribution in [0.5, 0.6) is 0 Å². The number of aliphatic carboxylic acids is 1. The number of carbonyl (C=O) groups is 4. The van der Waals surface area contributed by atoms with Gasteiger partial charge in [0.25, 0.3) is 0 Å². The first kappa shape index (κ1) is 31.1. The van der Waals surface area contributed by atoms with E-state index in [0.29, 0.717) is 5.56 Å². The maximum absolute atomic E-state index is 12.9. The van der Waals surface area contributed by atoms with Gasteiger partial charge in [0.05, 0.1) is 0 Å². The van der Waals surface area contributed by atoms with E-state index in [4.69, 9.17) is 19.9 Å². The van der Waals surface area contributed by atoms with Gasteiger partial charge in [-0.3, -0.25) is 0 Å². The highest BCUT2D eigenvalue weighted by Crippen LogP contribution is 2.08. The summed E-state index contributed by atoms with van der Waals surface area (Å²) in [6.07, 6.45) is -2.88. The van der Waals surface area contributed by atoms with Crippen molar-refractivity contribution in [1.29, 1.82) is 0 Å². The number of hydrogen-bond acceptors (Lipinski definition) is 7. The molecule has 3 aromatic carbocycles. The molecule has 0 unspecified atom stereocenters. The molecule has 0 heterocycles. The molecule has 0 radical (unpaired) electrons. The van der Waals surface area contributed by atoms with Gasteiger partial charge in [0.2, 0.25) is 5.96 Å². The second kappa shape index (κ2) is 16.7. The molecular weight excluding hydrogens is 544 g/mol.